The van der Waals surface area contributed by atoms with Crippen LogP contribution in [0.25, 0.3) is 0 Å². The summed E-state index contributed by atoms with van der Waals surface area (Å²) < 4.78 is 15.9. The summed E-state index contributed by atoms with van der Waals surface area (Å²) in [4.78, 5) is 14.7. The number of hydrogen-bond acceptors (Lipinski definition) is 5. The van der Waals surface area contributed by atoms with Crippen LogP contribution >= 0.6 is 0 Å². The van der Waals surface area contributed by atoms with Crippen molar-refractivity contribution in [2.75, 3.05) is 45.1 Å². The van der Waals surface area contributed by atoms with Crippen LogP contribution in [0.2, 0.25) is 0 Å². The van der Waals surface area contributed by atoms with E-state index in [0.717, 1.165) is 18.7 Å². The Morgan fingerprint density at radius 1 is 1.00 bits per heavy atom. The molecule has 0 unspecified atom stereocenters. The molecule has 6 heteroatoms. The van der Waals surface area contributed by atoms with Crippen molar-refractivity contribution in [3.05, 3.63) is 42.0 Å². The Kier molecular flexibility index (Phi) is 6.72. The molecule has 1 N–H and O–H groups in total. The van der Waals surface area contributed by atoms with Gasteiger partial charge in [0.05, 0.1) is 21.3 Å². The third kappa shape index (κ3) is 4.39. The van der Waals surface area contributed by atoms with E-state index < -0.39 is 0 Å². The summed E-state index contributed by atoms with van der Waals surface area (Å²) in [6, 6.07) is 10.9. The van der Waals surface area contributed by atoms with Crippen LogP contribution in [0.5, 0.6) is 17.2 Å². The maximum atomic E-state index is 12.5. The van der Waals surface area contributed by atoms with Gasteiger partial charge < -0.3 is 24.4 Å². The number of benzene rings is 2. The SMILES string of the molecule is CCCN(C)c1ccc(C(=O)Nc2cc(OC)c(OC)c(OC)c2)cc1. The molecule has 140 valence electrons. The highest BCUT2D eigenvalue weighted by molar-refractivity contribution is 6.04. The van der Waals surface area contributed by atoms with Crippen LogP contribution in [0.1, 0.15) is 23.7 Å². The van der Waals surface area contributed by atoms with E-state index in [4.69, 9.17) is 14.2 Å². The van der Waals surface area contributed by atoms with Crippen LogP contribution in [0.4, 0.5) is 11.4 Å². The molecule has 2 aromatic rings. The highest BCUT2D eigenvalue weighted by Gasteiger charge is 2.15. The molecule has 0 fully saturated rings. The maximum Gasteiger partial charge on any atom is 0.255 e. The molecule has 0 radical (unpaired) electrons. The second kappa shape index (κ2) is 8.99. The molecule has 0 saturated heterocycles. The van der Waals surface area contributed by atoms with Crippen molar-refractivity contribution in [3.63, 3.8) is 0 Å². The number of hydrogen-bond donors (Lipinski definition) is 1. The molecule has 26 heavy (non-hydrogen) atoms. The summed E-state index contributed by atoms with van der Waals surface area (Å²) in [7, 11) is 6.65. The molecule has 0 saturated carbocycles. The Morgan fingerprint density at radius 3 is 2.04 bits per heavy atom. The number of carbonyl (C=O) groups excluding carboxylic acids is 1. The van der Waals surface area contributed by atoms with Crippen molar-refractivity contribution in [2.24, 2.45) is 0 Å². The molecule has 6 nitrogen and oxygen atoms in total. The van der Waals surface area contributed by atoms with Gasteiger partial charge in [-0.05, 0) is 30.7 Å². The number of ether oxygens (including phenoxy) is 3. The van der Waals surface area contributed by atoms with Crippen molar-refractivity contribution in [1.29, 1.82) is 0 Å². The largest absolute Gasteiger partial charge is 0.493 e. The standard InChI is InChI=1S/C20H26N2O4/c1-6-11-22(2)16-9-7-14(8-10-16)20(23)21-15-12-17(24-3)19(26-5)18(13-15)25-4/h7-10,12-13H,6,11H2,1-5H3,(H,21,23). The first-order chi connectivity index (χ1) is 12.5. The molecule has 0 spiro atoms. The Labute approximate surface area is 154 Å². The molecule has 2 rings (SSSR count). The molecule has 1 amide bonds. The minimum Gasteiger partial charge on any atom is -0.493 e. The van der Waals surface area contributed by atoms with E-state index in [1.807, 2.05) is 31.3 Å². The number of amides is 1. The second-order valence-corrected chi connectivity index (χ2v) is 5.84. The first kappa shape index (κ1) is 19.4. The summed E-state index contributed by atoms with van der Waals surface area (Å²) in [5.41, 5.74) is 2.22. The van der Waals surface area contributed by atoms with E-state index in [-0.39, 0.29) is 5.91 Å². The minimum absolute atomic E-state index is 0.205. The van der Waals surface area contributed by atoms with Crippen LogP contribution in [-0.4, -0.2) is 40.8 Å². The molecular formula is C20H26N2O4. The van der Waals surface area contributed by atoms with Gasteiger partial charge in [0.15, 0.2) is 11.5 Å². The van der Waals surface area contributed by atoms with Gasteiger partial charge >= 0.3 is 0 Å². The molecule has 0 heterocycles. The predicted octanol–water partition coefficient (Wildman–Crippen LogP) is 3.81. The minimum atomic E-state index is -0.205. The first-order valence-corrected chi connectivity index (χ1v) is 8.46. The van der Waals surface area contributed by atoms with E-state index in [1.54, 1.807) is 12.1 Å². The van der Waals surface area contributed by atoms with Gasteiger partial charge in [-0.3, -0.25) is 4.79 Å². The number of nitrogens with one attached hydrogen (secondary N) is 1. The maximum absolute atomic E-state index is 12.5. The van der Waals surface area contributed by atoms with Gasteiger partial charge in [-0.25, -0.2) is 0 Å². The topological polar surface area (TPSA) is 60.0 Å². The number of rotatable bonds is 8. The molecule has 0 aromatic heterocycles. The van der Waals surface area contributed by atoms with E-state index in [9.17, 15) is 4.79 Å². The third-order valence-electron chi connectivity index (χ3n) is 4.05. The van der Waals surface area contributed by atoms with Crippen LogP contribution in [0.3, 0.4) is 0 Å². The molecule has 0 atom stereocenters. The molecule has 0 aliphatic carbocycles. The monoisotopic (exact) mass is 358 g/mol. The van der Waals surface area contributed by atoms with Crippen LogP contribution in [0.15, 0.2) is 36.4 Å². The lowest BCUT2D eigenvalue weighted by atomic mass is 10.1. The highest BCUT2D eigenvalue weighted by Crippen LogP contribution is 2.40. The van der Waals surface area contributed by atoms with Crippen LogP contribution in [0, 0.1) is 0 Å². The fraction of sp³-hybridized carbons (Fsp3) is 0.350. The van der Waals surface area contributed by atoms with E-state index in [0.29, 0.717) is 28.5 Å². The lowest BCUT2D eigenvalue weighted by Crippen LogP contribution is -2.18. The van der Waals surface area contributed by atoms with Crippen molar-refractivity contribution in [2.45, 2.75) is 13.3 Å². The van der Waals surface area contributed by atoms with Gasteiger partial charge in [0.1, 0.15) is 0 Å². The summed E-state index contributed by atoms with van der Waals surface area (Å²) in [5.74, 6) is 1.25. The van der Waals surface area contributed by atoms with Crippen molar-refractivity contribution < 1.29 is 19.0 Å². The Morgan fingerprint density at radius 2 is 1.58 bits per heavy atom. The summed E-state index contributed by atoms with van der Waals surface area (Å²) in [5, 5.41) is 2.86. The smallest absolute Gasteiger partial charge is 0.255 e. The third-order valence-corrected chi connectivity index (χ3v) is 4.05. The number of nitrogens with zero attached hydrogens (tertiary/aromatic N) is 1. The van der Waals surface area contributed by atoms with Gasteiger partial charge in [-0.1, -0.05) is 6.92 Å². The fourth-order valence-corrected chi connectivity index (χ4v) is 2.69. The summed E-state index contributed by atoms with van der Waals surface area (Å²) in [6.07, 6.45) is 1.07. The lowest BCUT2D eigenvalue weighted by molar-refractivity contribution is 0.102. The van der Waals surface area contributed by atoms with Gasteiger partial charge in [0, 0.05) is 42.7 Å². The zero-order valence-corrected chi connectivity index (χ0v) is 16.0. The quantitative estimate of drug-likeness (QED) is 0.777. The average Bonchev–Trinajstić information content (AvgIpc) is 2.67. The van der Waals surface area contributed by atoms with Crippen LogP contribution in [-0.2, 0) is 0 Å². The zero-order valence-electron chi connectivity index (χ0n) is 16.0. The average molecular weight is 358 g/mol. The molecular weight excluding hydrogens is 332 g/mol. The Bertz CT molecular complexity index is 719. The molecule has 0 aliphatic heterocycles. The Balaban J connectivity index is 2.19. The molecule has 0 bridgehead atoms. The second-order valence-electron chi connectivity index (χ2n) is 5.84. The van der Waals surface area contributed by atoms with Crippen molar-refractivity contribution >= 4 is 17.3 Å². The van der Waals surface area contributed by atoms with Crippen molar-refractivity contribution in [1.82, 2.24) is 0 Å². The van der Waals surface area contributed by atoms with Gasteiger partial charge in [-0.2, -0.15) is 0 Å². The normalized spacial score (nSPS) is 10.2. The summed E-state index contributed by atoms with van der Waals surface area (Å²) >= 11 is 0. The van der Waals surface area contributed by atoms with Gasteiger partial charge in [0.25, 0.3) is 5.91 Å². The summed E-state index contributed by atoms with van der Waals surface area (Å²) in [6.45, 7) is 3.10. The lowest BCUT2D eigenvalue weighted by Gasteiger charge is -2.18. The van der Waals surface area contributed by atoms with E-state index in [2.05, 4.69) is 17.1 Å². The number of methoxy groups -OCH3 is 3. The van der Waals surface area contributed by atoms with Gasteiger partial charge in [0.2, 0.25) is 5.75 Å². The van der Waals surface area contributed by atoms with Crippen molar-refractivity contribution in [3.8, 4) is 17.2 Å². The predicted molar refractivity (Wildman–Crippen MR) is 104 cm³/mol. The van der Waals surface area contributed by atoms with E-state index >= 15 is 0 Å². The Hall–Kier alpha value is -2.89. The van der Waals surface area contributed by atoms with Crippen LogP contribution < -0.4 is 24.4 Å². The first-order valence-electron chi connectivity index (χ1n) is 8.46. The zero-order chi connectivity index (χ0) is 19.1. The van der Waals surface area contributed by atoms with E-state index in [1.165, 1.54) is 21.3 Å². The highest BCUT2D eigenvalue weighted by atomic mass is 16.5. The number of anilines is 2. The van der Waals surface area contributed by atoms with Gasteiger partial charge in [-0.15, -0.1) is 0 Å². The molecule has 2 aromatic carbocycles. The number of carbonyl (C=O) groups is 1. The fourth-order valence-electron chi connectivity index (χ4n) is 2.69. The molecule has 0 aliphatic rings.